The molecule has 0 aliphatic rings. The van der Waals surface area contributed by atoms with Crippen LogP contribution in [0.3, 0.4) is 0 Å². The first-order chi connectivity index (χ1) is 8.86. The van der Waals surface area contributed by atoms with E-state index >= 15 is 0 Å². The van der Waals surface area contributed by atoms with Gasteiger partial charge in [-0.05, 0) is 12.5 Å². The highest BCUT2D eigenvalue weighted by atomic mass is 35.5. The van der Waals surface area contributed by atoms with Crippen LogP contribution in [-0.2, 0) is 16.0 Å². The Morgan fingerprint density at radius 1 is 1.42 bits per heavy atom. The molecule has 0 N–H and O–H groups in total. The maximum Gasteiger partial charge on any atom is 0.324 e. The number of nitro benzene ring substituents is 1. The lowest BCUT2D eigenvalue weighted by Gasteiger charge is -2.11. The van der Waals surface area contributed by atoms with Crippen LogP contribution in [0.4, 0.5) is 5.69 Å². The lowest BCUT2D eigenvalue weighted by molar-refractivity contribution is -0.384. The average molecular weight is 327 g/mol. The van der Waals surface area contributed by atoms with Crippen molar-refractivity contribution in [2.45, 2.75) is 18.7 Å². The Hall–Kier alpha value is -1.04. The van der Waals surface area contributed by atoms with Crippen LogP contribution >= 0.6 is 34.8 Å². The van der Waals surface area contributed by atoms with Crippen LogP contribution in [0, 0.1) is 10.1 Å². The van der Waals surface area contributed by atoms with Gasteiger partial charge in [0.1, 0.15) is 5.38 Å². The quantitative estimate of drug-likeness (QED) is 0.359. The summed E-state index contributed by atoms with van der Waals surface area (Å²) < 4.78 is 4.75. The average Bonchev–Trinajstić information content (AvgIpc) is 2.33. The summed E-state index contributed by atoms with van der Waals surface area (Å²) in [6, 6.07) is 2.33. The highest BCUT2D eigenvalue weighted by molar-refractivity contribution is 6.37. The molecule has 8 heteroatoms. The van der Waals surface area contributed by atoms with E-state index in [1.165, 1.54) is 0 Å². The zero-order chi connectivity index (χ0) is 14.6. The van der Waals surface area contributed by atoms with Gasteiger partial charge in [0, 0.05) is 18.6 Å². The minimum absolute atomic E-state index is 0.0377. The highest BCUT2D eigenvalue weighted by Crippen LogP contribution is 2.31. The fourth-order valence-electron chi connectivity index (χ4n) is 1.39. The number of nitrogens with zero attached hydrogens (tertiary/aromatic N) is 1. The summed E-state index contributed by atoms with van der Waals surface area (Å²) in [7, 11) is 0. The molecule has 0 radical (unpaired) electrons. The van der Waals surface area contributed by atoms with Crippen LogP contribution in [-0.4, -0.2) is 22.9 Å². The summed E-state index contributed by atoms with van der Waals surface area (Å²) in [4.78, 5) is 21.4. The van der Waals surface area contributed by atoms with Gasteiger partial charge in [0.25, 0.3) is 5.69 Å². The van der Waals surface area contributed by atoms with Crippen molar-refractivity contribution in [1.82, 2.24) is 0 Å². The molecule has 0 saturated carbocycles. The molecule has 5 nitrogen and oxygen atoms in total. The number of ether oxygens (including phenoxy) is 1. The summed E-state index contributed by atoms with van der Waals surface area (Å²) >= 11 is 17.7. The van der Waals surface area contributed by atoms with Gasteiger partial charge in [-0.25, -0.2) is 0 Å². The van der Waals surface area contributed by atoms with Crippen molar-refractivity contribution in [3.8, 4) is 0 Å². The number of carbonyl (C=O) groups excluding carboxylic acids is 1. The zero-order valence-electron chi connectivity index (χ0n) is 9.86. The van der Waals surface area contributed by atoms with Crippen LogP contribution in [0.1, 0.15) is 12.5 Å². The lowest BCUT2D eigenvalue weighted by atomic mass is 10.1. The molecule has 0 amide bonds. The van der Waals surface area contributed by atoms with E-state index in [1.807, 2.05) is 0 Å². The minimum Gasteiger partial charge on any atom is -0.465 e. The third kappa shape index (κ3) is 4.23. The standard InChI is InChI=1S/C11H10Cl3NO4/c1-2-19-11(16)10(14)5-7-8(12)3-6(15(17)18)4-9(7)13/h3-4,10H,2,5H2,1H3. The van der Waals surface area contributed by atoms with Crippen molar-refractivity contribution in [2.24, 2.45) is 0 Å². The first kappa shape index (κ1) is 16.0. The third-order valence-electron chi connectivity index (χ3n) is 2.26. The largest absolute Gasteiger partial charge is 0.465 e. The topological polar surface area (TPSA) is 69.4 Å². The lowest BCUT2D eigenvalue weighted by Crippen LogP contribution is -2.20. The van der Waals surface area contributed by atoms with Crippen LogP contribution in [0.5, 0.6) is 0 Å². The molecule has 0 heterocycles. The van der Waals surface area contributed by atoms with Gasteiger partial charge in [0.05, 0.1) is 21.6 Å². The van der Waals surface area contributed by atoms with Crippen molar-refractivity contribution >= 4 is 46.5 Å². The molecule has 0 saturated heterocycles. The zero-order valence-corrected chi connectivity index (χ0v) is 12.1. The molecule has 0 aliphatic heterocycles. The monoisotopic (exact) mass is 325 g/mol. The predicted molar refractivity (Wildman–Crippen MR) is 73.1 cm³/mol. The first-order valence-electron chi connectivity index (χ1n) is 5.29. The van der Waals surface area contributed by atoms with E-state index in [2.05, 4.69) is 0 Å². The molecule has 1 rings (SSSR count). The Morgan fingerprint density at radius 3 is 2.37 bits per heavy atom. The van der Waals surface area contributed by atoms with Crippen molar-refractivity contribution < 1.29 is 14.5 Å². The van der Waals surface area contributed by atoms with E-state index in [4.69, 9.17) is 39.5 Å². The van der Waals surface area contributed by atoms with Crippen LogP contribution in [0.25, 0.3) is 0 Å². The van der Waals surface area contributed by atoms with Crippen LogP contribution in [0.15, 0.2) is 12.1 Å². The Labute approximate surface area is 124 Å². The number of esters is 1. The summed E-state index contributed by atoms with van der Waals surface area (Å²) in [6.07, 6.45) is 0.0377. The van der Waals surface area contributed by atoms with E-state index in [0.717, 1.165) is 12.1 Å². The SMILES string of the molecule is CCOC(=O)C(Cl)Cc1c(Cl)cc([N+](=O)[O-])cc1Cl. The van der Waals surface area contributed by atoms with E-state index in [-0.39, 0.29) is 28.8 Å². The molecular formula is C11H10Cl3NO4. The summed E-state index contributed by atoms with van der Waals surface area (Å²) in [6.45, 7) is 1.87. The van der Waals surface area contributed by atoms with E-state index in [9.17, 15) is 14.9 Å². The number of carbonyl (C=O) groups is 1. The first-order valence-corrected chi connectivity index (χ1v) is 6.49. The van der Waals surface area contributed by atoms with Crippen molar-refractivity contribution in [2.75, 3.05) is 6.61 Å². The maximum atomic E-state index is 11.4. The molecule has 19 heavy (non-hydrogen) atoms. The minimum atomic E-state index is -0.948. The second-order valence-electron chi connectivity index (χ2n) is 3.57. The highest BCUT2D eigenvalue weighted by Gasteiger charge is 2.22. The Kier molecular flexibility index (Phi) is 5.85. The van der Waals surface area contributed by atoms with Crippen molar-refractivity contribution in [1.29, 1.82) is 0 Å². The van der Waals surface area contributed by atoms with E-state index < -0.39 is 16.3 Å². The normalized spacial score (nSPS) is 12.0. The second-order valence-corrected chi connectivity index (χ2v) is 4.91. The molecule has 1 unspecified atom stereocenters. The number of hydrogen-bond donors (Lipinski definition) is 0. The fourth-order valence-corrected chi connectivity index (χ4v) is 2.23. The van der Waals surface area contributed by atoms with Gasteiger partial charge in [-0.15, -0.1) is 11.6 Å². The van der Waals surface area contributed by atoms with Crippen LogP contribution < -0.4 is 0 Å². The number of non-ortho nitro benzene ring substituents is 1. The molecule has 1 aromatic rings. The predicted octanol–water partition coefficient (Wildman–Crippen LogP) is 3.61. The fraction of sp³-hybridized carbons (Fsp3) is 0.364. The van der Waals surface area contributed by atoms with E-state index in [1.54, 1.807) is 6.92 Å². The molecular weight excluding hydrogens is 316 g/mol. The summed E-state index contributed by atoms with van der Waals surface area (Å²) in [5, 5.41) is 9.86. The molecule has 0 bridgehead atoms. The van der Waals surface area contributed by atoms with Gasteiger partial charge >= 0.3 is 5.97 Å². The molecule has 104 valence electrons. The van der Waals surface area contributed by atoms with Crippen molar-refractivity contribution in [3.05, 3.63) is 37.9 Å². The number of halogens is 3. The molecule has 1 atom stereocenters. The van der Waals surface area contributed by atoms with Crippen LogP contribution in [0.2, 0.25) is 10.0 Å². The van der Waals surface area contributed by atoms with Gasteiger partial charge in [0.2, 0.25) is 0 Å². The number of hydrogen-bond acceptors (Lipinski definition) is 4. The molecule has 0 aliphatic carbocycles. The molecule has 1 aromatic carbocycles. The van der Waals surface area contributed by atoms with E-state index in [0.29, 0.717) is 5.56 Å². The number of benzene rings is 1. The van der Waals surface area contributed by atoms with Gasteiger partial charge in [-0.3, -0.25) is 14.9 Å². The Morgan fingerprint density at radius 2 is 1.95 bits per heavy atom. The maximum absolute atomic E-state index is 11.4. The molecule has 0 aromatic heterocycles. The second kappa shape index (κ2) is 6.93. The Bertz CT molecular complexity index is 484. The molecule has 0 spiro atoms. The van der Waals surface area contributed by atoms with Gasteiger partial charge in [-0.2, -0.15) is 0 Å². The Balaban J connectivity index is 2.96. The van der Waals surface area contributed by atoms with Crippen molar-refractivity contribution in [3.63, 3.8) is 0 Å². The third-order valence-corrected chi connectivity index (χ3v) is 3.27. The van der Waals surface area contributed by atoms with Gasteiger partial charge in [-0.1, -0.05) is 23.2 Å². The number of rotatable bonds is 5. The summed E-state index contributed by atoms with van der Waals surface area (Å²) in [5.74, 6) is -0.588. The smallest absolute Gasteiger partial charge is 0.324 e. The molecule has 0 fully saturated rings. The van der Waals surface area contributed by atoms with Gasteiger partial charge in [0.15, 0.2) is 0 Å². The number of nitro groups is 1. The van der Waals surface area contributed by atoms with Gasteiger partial charge < -0.3 is 4.74 Å². The summed E-state index contributed by atoms with van der Waals surface area (Å²) in [5.41, 5.74) is 0.156. The number of alkyl halides is 1.